The maximum Gasteiger partial charge on any atom is 0.335 e. The lowest BCUT2D eigenvalue weighted by molar-refractivity contribution is 0.376. The Labute approximate surface area is 225 Å². The smallest absolute Gasteiger partial charge is 0.335 e. The van der Waals surface area contributed by atoms with Crippen molar-refractivity contribution in [2.24, 2.45) is 0 Å². The van der Waals surface area contributed by atoms with Crippen LogP contribution >= 0.6 is 15.0 Å². The molecule has 39 heavy (non-hydrogen) atoms. The highest BCUT2D eigenvalue weighted by Gasteiger charge is 2.32. The van der Waals surface area contributed by atoms with Gasteiger partial charge in [0.05, 0.1) is 6.67 Å². The molecule has 1 fully saturated rings. The Morgan fingerprint density at radius 1 is 1.00 bits per heavy atom. The molecule has 3 heterocycles. The third-order valence-electron chi connectivity index (χ3n) is 6.51. The van der Waals surface area contributed by atoms with Crippen LogP contribution in [-0.4, -0.2) is 75.1 Å². The van der Waals surface area contributed by atoms with Crippen LogP contribution in [0.25, 0.3) is 0 Å². The summed E-state index contributed by atoms with van der Waals surface area (Å²) in [5, 5.41) is 19.7. The number of hydrogen-bond acceptors (Lipinski definition) is 10. The summed E-state index contributed by atoms with van der Waals surface area (Å²) in [5.41, 5.74) is 2.32. The number of nitrogens with one attached hydrogen (secondary N) is 3. The van der Waals surface area contributed by atoms with Crippen LogP contribution in [0.1, 0.15) is 5.56 Å². The lowest BCUT2D eigenvalue weighted by atomic mass is 10.1. The average molecular weight is 576 g/mol. The predicted octanol–water partition coefficient (Wildman–Crippen LogP) is 1.80. The molecule has 1 unspecified atom stereocenters. The number of aromatic hydroxyl groups is 1. The van der Waals surface area contributed by atoms with Crippen LogP contribution in [0.4, 0.5) is 29.0 Å². The van der Waals surface area contributed by atoms with Gasteiger partial charge < -0.3 is 45.5 Å². The first-order valence-corrected chi connectivity index (χ1v) is 16.1. The Balaban J connectivity index is 1.40. The molecule has 0 aliphatic carbocycles. The summed E-state index contributed by atoms with van der Waals surface area (Å²) >= 11 is 0. The molecule has 0 bridgehead atoms. The van der Waals surface area contributed by atoms with E-state index in [1.165, 1.54) is 12.1 Å². The molecule has 0 amide bonds. The quantitative estimate of drug-likeness (QED) is 0.184. The summed E-state index contributed by atoms with van der Waals surface area (Å²) < 4.78 is 23.7. The van der Waals surface area contributed by atoms with E-state index in [4.69, 9.17) is 19.8 Å². The van der Waals surface area contributed by atoms with E-state index in [1.54, 1.807) is 24.3 Å². The zero-order valence-electron chi connectivity index (χ0n) is 21.1. The van der Waals surface area contributed by atoms with Gasteiger partial charge in [-0.05, 0) is 48.4 Å². The van der Waals surface area contributed by atoms with E-state index in [2.05, 4.69) is 25.8 Å². The number of hydrogen-bond donors (Lipinski definition) is 7. The van der Waals surface area contributed by atoms with Gasteiger partial charge in [-0.1, -0.05) is 12.1 Å². The minimum atomic E-state index is -4.66. The van der Waals surface area contributed by atoms with Gasteiger partial charge in [-0.15, -0.1) is 0 Å². The number of nitrogens with zero attached hydrogens (tertiary/aromatic N) is 4. The highest BCUT2D eigenvalue weighted by molar-refractivity contribution is 7.77. The van der Waals surface area contributed by atoms with Gasteiger partial charge in [0, 0.05) is 43.7 Å². The summed E-state index contributed by atoms with van der Waals surface area (Å²) in [7, 11) is -8.88. The number of benzene rings is 2. The first-order valence-electron chi connectivity index (χ1n) is 12.5. The van der Waals surface area contributed by atoms with Crippen LogP contribution in [0.15, 0.2) is 48.5 Å². The molecule has 2 aliphatic heterocycles. The number of aromatic nitrogens is 2. The summed E-state index contributed by atoms with van der Waals surface area (Å²) in [6.45, 7) is 4.35. The van der Waals surface area contributed by atoms with Gasteiger partial charge in [0.25, 0.3) is 0 Å². The van der Waals surface area contributed by atoms with Gasteiger partial charge in [0.1, 0.15) is 17.3 Å². The minimum absolute atomic E-state index is 0.0398. The number of piperazine rings is 1. The van der Waals surface area contributed by atoms with E-state index in [0.717, 1.165) is 43.2 Å². The molecule has 15 heteroatoms. The van der Waals surface area contributed by atoms with Crippen molar-refractivity contribution < 1.29 is 28.9 Å². The fraction of sp³-hybridized carbons (Fsp3) is 0.333. The van der Waals surface area contributed by atoms with Crippen LogP contribution in [-0.2, 0) is 15.6 Å². The van der Waals surface area contributed by atoms with Crippen LogP contribution in [0.5, 0.6) is 5.75 Å². The molecule has 1 aromatic heterocycles. The van der Waals surface area contributed by atoms with E-state index in [9.17, 15) is 19.1 Å². The molecule has 208 valence electrons. The van der Waals surface area contributed by atoms with Crippen molar-refractivity contribution in [1.82, 2.24) is 15.3 Å². The van der Waals surface area contributed by atoms with Crippen molar-refractivity contribution in [3.8, 4) is 5.75 Å². The normalized spacial score (nSPS) is 16.9. The summed E-state index contributed by atoms with van der Waals surface area (Å²) in [4.78, 5) is 42.4. The van der Waals surface area contributed by atoms with Gasteiger partial charge in [0.2, 0.25) is 13.3 Å². The molecule has 2 aromatic carbocycles. The maximum absolute atomic E-state index is 12.5. The maximum atomic E-state index is 12.5. The molecule has 7 N–H and O–H groups in total. The average Bonchev–Trinajstić information content (AvgIpc) is 3.30. The van der Waals surface area contributed by atoms with Crippen LogP contribution in [0.3, 0.4) is 0 Å². The Bertz CT molecular complexity index is 1430. The molecular formula is C24H31N7O6P2. The molecule has 0 spiro atoms. The van der Waals surface area contributed by atoms with E-state index in [0.29, 0.717) is 37.1 Å². The summed E-state index contributed by atoms with van der Waals surface area (Å²) in [6, 6.07) is 13.1. The third kappa shape index (κ3) is 6.70. The van der Waals surface area contributed by atoms with Crippen molar-refractivity contribution in [1.29, 1.82) is 0 Å². The zero-order valence-corrected chi connectivity index (χ0v) is 22.9. The zero-order chi connectivity index (χ0) is 27.6. The fourth-order valence-corrected chi connectivity index (χ4v) is 7.85. The second-order valence-corrected chi connectivity index (χ2v) is 13.9. The number of rotatable bonds is 9. The van der Waals surface area contributed by atoms with Gasteiger partial charge in [0.15, 0.2) is 11.6 Å². The second-order valence-electron chi connectivity index (χ2n) is 9.51. The van der Waals surface area contributed by atoms with E-state index < -0.39 is 20.9 Å². The third-order valence-corrected chi connectivity index (χ3v) is 10.6. The van der Waals surface area contributed by atoms with Crippen molar-refractivity contribution in [2.75, 3.05) is 65.7 Å². The van der Waals surface area contributed by atoms with Crippen molar-refractivity contribution in [3.63, 3.8) is 0 Å². The molecular weight excluding hydrogens is 544 g/mol. The largest absolute Gasteiger partial charge is 0.508 e. The summed E-state index contributed by atoms with van der Waals surface area (Å²) in [5.74, 6) is 1.00. The van der Waals surface area contributed by atoms with Crippen molar-refractivity contribution >= 4 is 49.2 Å². The number of fused-ring (bicyclic) bond motifs is 1. The van der Waals surface area contributed by atoms with E-state index in [1.807, 2.05) is 12.1 Å². The Morgan fingerprint density at radius 2 is 1.74 bits per heavy atom. The molecule has 1 saturated heterocycles. The number of anilines is 5. The molecule has 13 nitrogen and oxygen atoms in total. The van der Waals surface area contributed by atoms with Crippen molar-refractivity contribution in [3.05, 3.63) is 54.1 Å². The van der Waals surface area contributed by atoms with Gasteiger partial charge >= 0.3 is 7.60 Å². The van der Waals surface area contributed by atoms with Gasteiger partial charge in [-0.25, -0.2) is 0 Å². The first kappa shape index (κ1) is 27.4. The van der Waals surface area contributed by atoms with Gasteiger partial charge in [-0.2, -0.15) is 9.97 Å². The highest BCUT2D eigenvalue weighted by Crippen LogP contribution is 2.53. The molecule has 1 atom stereocenters. The molecule has 2 aliphatic rings. The fourth-order valence-electron chi connectivity index (χ4n) is 4.58. The van der Waals surface area contributed by atoms with E-state index >= 15 is 0 Å². The Hall–Kier alpha value is -3.18. The van der Waals surface area contributed by atoms with Crippen LogP contribution in [0.2, 0.25) is 0 Å². The first-order chi connectivity index (χ1) is 18.6. The second kappa shape index (κ2) is 11.1. The monoisotopic (exact) mass is 575 g/mol. The number of phenols is 1. The van der Waals surface area contributed by atoms with Crippen LogP contribution in [0, 0.1) is 0 Å². The standard InChI is InChI=1S/C24H31N7O6P2/c32-19-3-1-2-17(14-19)8-11-31-15-26-21-22(28-24(29-23(21)31)30-12-9-25-10-13-30)27-18-4-6-20(7-5-18)38(33,34)16-39(35,36)37/h1-7,14,25-26,32H,8-13,15-16H2,(H,33,34)(H,27,28,29)(H2,35,36,37). The van der Waals surface area contributed by atoms with Crippen molar-refractivity contribution in [2.45, 2.75) is 6.42 Å². The Kier molecular flexibility index (Phi) is 7.82. The lowest BCUT2D eigenvalue weighted by Gasteiger charge is -2.28. The molecule has 0 radical (unpaired) electrons. The molecule has 5 rings (SSSR count). The predicted molar refractivity (Wildman–Crippen MR) is 151 cm³/mol. The van der Waals surface area contributed by atoms with E-state index in [-0.39, 0.29) is 11.1 Å². The SMILES string of the molecule is O=P(O)(O)CP(=O)(O)c1ccc(Nc2nc(N3CCNCC3)nc3c2NCN3CCc2cccc(O)c2)cc1. The highest BCUT2D eigenvalue weighted by atomic mass is 31.2. The summed E-state index contributed by atoms with van der Waals surface area (Å²) in [6.07, 6.45) is 0.711. The number of phenolic OH excluding ortho intramolecular Hbond substituents is 1. The minimum Gasteiger partial charge on any atom is -0.508 e. The lowest BCUT2D eigenvalue weighted by Crippen LogP contribution is -2.44. The Morgan fingerprint density at radius 3 is 2.44 bits per heavy atom. The van der Waals surface area contributed by atoms with Crippen LogP contribution < -0.4 is 31.1 Å². The molecule has 3 aromatic rings. The van der Waals surface area contributed by atoms with Gasteiger partial charge in [-0.3, -0.25) is 9.13 Å². The topological polar surface area (TPSA) is 183 Å². The molecule has 0 saturated carbocycles.